The molecule has 0 unspecified atom stereocenters. The van der Waals surface area contributed by atoms with Crippen molar-refractivity contribution in [1.29, 1.82) is 0 Å². The van der Waals surface area contributed by atoms with Crippen molar-refractivity contribution in [3.63, 3.8) is 0 Å². The second kappa shape index (κ2) is 19.2. The van der Waals surface area contributed by atoms with E-state index in [0.717, 1.165) is 42.5 Å². The van der Waals surface area contributed by atoms with E-state index in [0.29, 0.717) is 5.69 Å². The average molecular weight is 1060 g/mol. The summed E-state index contributed by atoms with van der Waals surface area (Å²) in [4.78, 5) is 24.3. The molecule has 1 aliphatic rings. The molecule has 72 heavy (non-hydrogen) atoms. The summed E-state index contributed by atoms with van der Waals surface area (Å²) in [7, 11) is -19.5. The number of ether oxygens (including phenoxy) is 1. The van der Waals surface area contributed by atoms with Gasteiger partial charge in [-0.05, 0) is 110 Å². The molecule has 0 aliphatic heterocycles. The standard InChI is InChI=1S/C45H34N8O15S4/c1-2-68-40-23-39(51-50-38-16-15-37(33-13-10-30(21-35(33)38)70(59,60)61)49-48-28-7-4-8-29(20-28)69(56,57)58)36-22-31(71(62,63)64)11-14-34(36)42(40)52-53-43-41(72(65,66)67)19-25-18-27(9-12-32(25)44(43)54)47-45(55)24-5-3-6-26(46)17-24/h3-23,52H,2,46H2,1H3,(H,47,55)(H,56,57,58)(H,59,60,61)(H,62,63,64)(H,65,66,67)/b49-48?,51-50?,53-43-. The molecule has 1 aliphatic carbocycles. The van der Waals surface area contributed by atoms with Crippen LogP contribution < -0.4 is 21.2 Å². The Labute approximate surface area is 408 Å². The smallest absolute Gasteiger partial charge is 0.296 e. The number of nitrogens with two attached hydrogens (primary N) is 1. The second-order valence-electron chi connectivity index (χ2n) is 15.3. The summed E-state index contributed by atoms with van der Waals surface area (Å²) in [5, 5.41) is 23.8. The van der Waals surface area contributed by atoms with Gasteiger partial charge in [0.05, 0.1) is 44.0 Å². The van der Waals surface area contributed by atoms with Crippen molar-refractivity contribution in [2.24, 2.45) is 25.6 Å². The highest BCUT2D eigenvalue weighted by atomic mass is 32.2. The minimum absolute atomic E-state index is 0.00469. The number of allylic oxidation sites excluding steroid dienone is 1. The Balaban J connectivity index is 1.21. The van der Waals surface area contributed by atoms with Crippen LogP contribution in [0.2, 0.25) is 0 Å². The minimum atomic E-state index is -5.19. The topological polar surface area (TPSA) is 373 Å². The molecule has 8 N–H and O–H groups in total. The van der Waals surface area contributed by atoms with Crippen LogP contribution in [0.4, 0.5) is 39.8 Å². The zero-order chi connectivity index (χ0) is 51.9. The molecular weight excluding hydrogens is 1020 g/mol. The number of fused-ring (bicyclic) bond motifs is 3. The van der Waals surface area contributed by atoms with Gasteiger partial charge in [0.1, 0.15) is 16.3 Å². The van der Waals surface area contributed by atoms with Crippen LogP contribution in [-0.4, -0.2) is 75.9 Å². The van der Waals surface area contributed by atoms with E-state index in [4.69, 9.17) is 10.5 Å². The first-order valence-electron chi connectivity index (χ1n) is 20.4. The van der Waals surface area contributed by atoms with Gasteiger partial charge in [-0.1, -0.05) is 24.3 Å². The molecule has 0 spiro atoms. The maximum absolute atomic E-state index is 14.0. The molecule has 8 rings (SSSR count). The van der Waals surface area contributed by atoms with Gasteiger partial charge in [-0.25, -0.2) is 0 Å². The number of azo groups is 2. The Morgan fingerprint density at radius 2 is 1.21 bits per heavy atom. The maximum Gasteiger partial charge on any atom is 0.296 e. The summed E-state index contributed by atoms with van der Waals surface area (Å²) in [5.41, 5.74) is 8.05. The molecule has 0 saturated heterocycles. The first kappa shape index (κ1) is 50.2. The summed E-state index contributed by atoms with van der Waals surface area (Å²) < 4.78 is 144. The molecule has 1 amide bonds. The van der Waals surface area contributed by atoms with Crippen molar-refractivity contribution >= 4 is 125 Å². The Bertz CT molecular complexity index is 4070. The van der Waals surface area contributed by atoms with E-state index < -0.39 is 77.5 Å². The van der Waals surface area contributed by atoms with Crippen molar-refractivity contribution in [2.45, 2.75) is 21.6 Å². The first-order valence-corrected chi connectivity index (χ1v) is 26.2. The summed E-state index contributed by atoms with van der Waals surface area (Å²) in [6, 6.07) is 25.6. The third kappa shape index (κ3) is 10.8. The molecule has 368 valence electrons. The number of anilines is 3. The van der Waals surface area contributed by atoms with Crippen molar-refractivity contribution in [1.82, 2.24) is 0 Å². The summed E-state index contributed by atoms with van der Waals surface area (Å²) in [6.07, 6.45) is 0.968. The molecule has 0 aromatic heterocycles. The Kier molecular flexibility index (Phi) is 13.4. The van der Waals surface area contributed by atoms with E-state index in [-0.39, 0.29) is 84.7 Å². The molecule has 7 aromatic carbocycles. The third-order valence-electron chi connectivity index (χ3n) is 10.5. The third-order valence-corrected chi connectivity index (χ3v) is 14.0. The molecule has 0 atom stereocenters. The molecule has 0 radical (unpaired) electrons. The lowest BCUT2D eigenvalue weighted by molar-refractivity contribution is 0.102. The zero-order valence-corrected chi connectivity index (χ0v) is 39.8. The van der Waals surface area contributed by atoms with Crippen LogP contribution in [-0.2, 0) is 40.5 Å². The highest BCUT2D eigenvalue weighted by Crippen LogP contribution is 2.43. The van der Waals surface area contributed by atoms with E-state index in [2.05, 4.69) is 36.3 Å². The largest absolute Gasteiger partial charge is 0.492 e. The van der Waals surface area contributed by atoms with Gasteiger partial charge in [0.2, 0.25) is 5.78 Å². The van der Waals surface area contributed by atoms with Crippen molar-refractivity contribution < 1.29 is 66.2 Å². The SMILES string of the molecule is CCOc1cc(N=Nc2ccc(N=Nc3cccc(S(=O)(=O)O)c3)c3ccc(S(=O)(=O)O)cc23)c2cc(S(=O)(=O)O)ccc2c1N/N=C1\C(=O)c2ccc(NC(=O)c3cccc(N)c3)cc2C=C1S(=O)(=O)O. The fraction of sp³-hybridized carbons (Fsp3) is 0.0444. The van der Waals surface area contributed by atoms with Crippen LogP contribution in [0.1, 0.15) is 33.2 Å². The van der Waals surface area contributed by atoms with Crippen LogP contribution >= 0.6 is 0 Å². The number of hydrazone groups is 1. The summed E-state index contributed by atoms with van der Waals surface area (Å²) >= 11 is 0. The number of carbonyl (C=O) groups is 2. The maximum atomic E-state index is 14.0. The number of hydrogen-bond donors (Lipinski definition) is 7. The van der Waals surface area contributed by atoms with Crippen molar-refractivity contribution in [2.75, 3.05) is 23.1 Å². The molecule has 0 bridgehead atoms. The zero-order valence-electron chi connectivity index (χ0n) is 36.6. The van der Waals surface area contributed by atoms with Gasteiger partial charge in [0, 0.05) is 50.1 Å². The van der Waals surface area contributed by atoms with E-state index >= 15 is 0 Å². The van der Waals surface area contributed by atoms with Crippen LogP contribution in [0.3, 0.4) is 0 Å². The Hall–Kier alpha value is -8.15. The quantitative estimate of drug-likeness (QED) is 0.0232. The number of benzene rings is 7. The van der Waals surface area contributed by atoms with E-state index in [1.807, 2.05) is 0 Å². The molecule has 7 aromatic rings. The van der Waals surface area contributed by atoms with Gasteiger partial charge in [-0.15, -0.1) is 15.3 Å². The van der Waals surface area contributed by atoms with Crippen LogP contribution in [0, 0.1) is 0 Å². The number of rotatable bonds is 14. The highest BCUT2D eigenvalue weighted by Gasteiger charge is 2.33. The van der Waals surface area contributed by atoms with Crippen LogP contribution in [0.15, 0.2) is 166 Å². The molecule has 23 nitrogen and oxygen atoms in total. The predicted octanol–water partition coefficient (Wildman–Crippen LogP) is 8.69. The lowest BCUT2D eigenvalue weighted by Gasteiger charge is -2.19. The number of ketones is 1. The van der Waals surface area contributed by atoms with Crippen LogP contribution in [0.25, 0.3) is 27.6 Å². The van der Waals surface area contributed by atoms with E-state index in [9.17, 15) is 61.5 Å². The number of amides is 1. The molecule has 27 heteroatoms. The lowest BCUT2D eigenvalue weighted by atomic mass is 9.94. The minimum Gasteiger partial charge on any atom is -0.492 e. The molecule has 0 heterocycles. The van der Waals surface area contributed by atoms with Gasteiger partial charge in [-0.3, -0.25) is 33.2 Å². The number of carbonyl (C=O) groups excluding carboxylic acids is 2. The Morgan fingerprint density at radius 3 is 1.85 bits per heavy atom. The van der Waals surface area contributed by atoms with Gasteiger partial charge in [0.25, 0.3) is 46.4 Å². The number of nitrogens with zero attached hydrogens (tertiary/aromatic N) is 5. The average Bonchev–Trinajstić information content (AvgIpc) is 3.31. The second-order valence-corrected chi connectivity index (χ2v) is 21.0. The number of hydrogen-bond acceptors (Lipinski definition) is 18. The van der Waals surface area contributed by atoms with Crippen molar-refractivity contribution in [3.8, 4) is 5.75 Å². The van der Waals surface area contributed by atoms with Gasteiger partial charge in [-0.2, -0.15) is 43.9 Å². The molecule has 0 saturated carbocycles. The van der Waals surface area contributed by atoms with E-state index in [1.165, 1.54) is 72.8 Å². The predicted molar refractivity (Wildman–Crippen MR) is 263 cm³/mol. The van der Waals surface area contributed by atoms with Gasteiger partial charge in [0.15, 0.2) is 5.71 Å². The van der Waals surface area contributed by atoms with Gasteiger partial charge >= 0.3 is 0 Å². The van der Waals surface area contributed by atoms with Gasteiger partial charge < -0.3 is 15.8 Å². The fourth-order valence-corrected chi connectivity index (χ4v) is 9.45. The molecule has 0 fully saturated rings. The fourth-order valence-electron chi connectivity index (χ4n) is 7.26. The van der Waals surface area contributed by atoms with Crippen LogP contribution in [0.5, 0.6) is 5.75 Å². The van der Waals surface area contributed by atoms with E-state index in [1.54, 1.807) is 19.1 Å². The normalized spacial score (nSPS) is 14.0. The summed E-state index contributed by atoms with van der Waals surface area (Å²) in [6.45, 7) is 1.56. The molecular formula is C45H34N8O15S4. The summed E-state index contributed by atoms with van der Waals surface area (Å²) in [5.74, 6) is -1.63. The monoisotopic (exact) mass is 1050 g/mol. The Morgan fingerprint density at radius 1 is 0.611 bits per heavy atom. The lowest BCUT2D eigenvalue weighted by Crippen LogP contribution is -2.27. The van der Waals surface area contributed by atoms with Crippen molar-refractivity contribution in [3.05, 3.63) is 143 Å². The number of Topliss-reactive ketones (excluding diaryl/α,β-unsaturated/α-hetero) is 1. The highest BCUT2D eigenvalue weighted by molar-refractivity contribution is 7.91. The number of nitrogen functional groups attached to an aromatic ring is 1. The number of nitrogens with one attached hydrogen (secondary N) is 2. The first-order chi connectivity index (χ1) is 33.9.